The second-order valence-corrected chi connectivity index (χ2v) is 4.02. The second kappa shape index (κ2) is 4.97. The maximum atomic E-state index is 11.6. The van der Waals surface area contributed by atoms with Gasteiger partial charge in [-0.3, -0.25) is 4.79 Å². The van der Waals surface area contributed by atoms with Crippen molar-refractivity contribution in [3.8, 4) is 6.07 Å². The van der Waals surface area contributed by atoms with Gasteiger partial charge < -0.3 is 10.6 Å². The van der Waals surface area contributed by atoms with Crippen LogP contribution in [0.25, 0.3) is 0 Å². The Morgan fingerprint density at radius 1 is 1.71 bits per heavy atom. The van der Waals surface area contributed by atoms with Crippen molar-refractivity contribution in [1.29, 1.82) is 5.26 Å². The van der Waals surface area contributed by atoms with Crippen LogP contribution in [0.3, 0.4) is 0 Å². The number of nitriles is 1. The first-order valence-electron chi connectivity index (χ1n) is 5.03. The third-order valence-electron chi connectivity index (χ3n) is 2.66. The minimum atomic E-state index is -0.108. The highest BCUT2D eigenvalue weighted by atomic mass is 16.1. The molecule has 1 heterocycles. The Morgan fingerprint density at radius 2 is 2.43 bits per heavy atom. The van der Waals surface area contributed by atoms with Gasteiger partial charge in [-0.05, 0) is 19.4 Å². The first kappa shape index (κ1) is 11.0. The smallest absolute Gasteiger partial charge is 0.224 e. The predicted octanol–water partition coefficient (Wildman–Crippen LogP) is 0.118. The fourth-order valence-electron chi connectivity index (χ4n) is 1.59. The lowest BCUT2D eigenvalue weighted by Crippen LogP contribution is -2.36. The minimum absolute atomic E-state index is 0.0703. The summed E-state index contributed by atoms with van der Waals surface area (Å²) in [5.41, 5.74) is 0. The van der Waals surface area contributed by atoms with Crippen molar-refractivity contribution in [2.24, 2.45) is 17.8 Å². The third kappa shape index (κ3) is 2.71. The van der Waals surface area contributed by atoms with Crippen LogP contribution in [0.2, 0.25) is 0 Å². The number of carbonyl (C=O) groups is 1. The van der Waals surface area contributed by atoms with Crippen LogP contribution >= 0.6 is 0 Å². The molecule has 78 valence electrons. The zero-order chi connectivity index (χ0) is 10.6. The van der Waals surface area contributed by atoms with E-state index in [1.807, 2.05) is 0 Å². The van der Waals surface area contributed by atoms with Gasteiger partial charge in [0.15, 0.2) is 0 Å². The Kier molecular flexibility index (Phi) is 3.90. The standard InChI is InChI=1S/C10H17N3O/c1-7(3-11)4-13-10(14)9-6-12-5-8(9)2/h7-9,12H,4-6H2,1-2H3,(H,13,14). The molecule has 0 saturated carbocycles. The number of hydrogen-bond acceptors (Lipinski definition) is 3. The van der Waals surface area contributed by atoms with Gasteiger partial charge in [0.05, 0.1) is 17.9 Å². The van der Waals surface area contributed by atoms with Crippen molar-refractivity contribution in [3.05, 3.63) is 0 Å². The molecule has 1 rings (SSSR count). The largest absolute Gasteiger partial charge is 0.355 e. The monoisotopic (exact) mass is 195 g/mol. The molecular weight excluding hydrogens is 178 g/mol. The average Bonchev–Trinajstić information content (AvgIpc) is 2.60. The quantitative estimate of drug-likeness (QED) is 0.672. The SMILES string of the molecule is CC(C#N)CNC(=O)C1CNCC1C. The van der Waals surface area contributed by atoms with Gasteiger partial charge in [0.1, 0.15) is 0 Å². The van der Waals surface area contributed by atoms with Gasteiger partial charge in [-0.1, -0.05) is 6.92 Å². The Balaban J connectivity index is 2.32. The molecule has 14 heavy (non-hydrogen) atoms. The van der Waals surface area contributed by atoms with E-state index >= 15 is 0 Å². The topological polar surface area (TPSA) is 64.9 Å². The van der Waals surface area contributed by atoms with E-state index in [0.29, 0.717) is 12.5 Å². The lowest BCUT2D eigenvalue weighted by Gasteiger charge is -2.14. The number of nitrogens with zero attached hydrogens (tertiary/aromatic N) is 1. The molecule has 0 aromatic rings. The lowest BCUT2D eigenvalue weighted by atomic mass is 9.97. The first-order chi connectivity index (χ1) is 6.65. The van der Waals surface area contributed by atoms with Crippen molar-refractivity contribution in [2.75, 3.05) is 19.6 Å². The molecule has 0 aliphatic carbocycles. The highest BCUT2D eigenvalue weighted by Gasteiger charge is 2.29. The number of rotatable bonds is 3. The maximum absolute atomic E-state index is 11.6. The maximum Gasteiger partial charge on any atom is 0.224 e. The normalized spacial score (nSPS) is 28.1. The lowest BCUT2D eigenvalue weighted by molar-refractivity contribution is -0.125. The highest BCUT2D eigenvalue weighted by Crippen LogP contribution is 2.15. The summed E-state index contributed by atoms with van der Waals surface area (Å²) in [6.45, 7) is 5.99. The molecule has 0 radical (unpaired) electrons. The molecule has 0 bridgehead atoms. The van der Waals surface area contributed by atoms with Crippen molar-refractivity contribution in [1.82, 2.24) is 10.6 Å². The summed E-state index contributed by atoms with van der Waals surface area (Å²) in [7, 11) is 0. The van der Waals surface area contributed by atoms with Crippen molar-refractivity contribution in [2.45, 2.75) is 13.8 Å². The molecule has 4 heteroatoms. The second-order valence-electron chi connectivity index (χ2n) is 4.02. The van der Waals surface area contributed by atoms with E-state index in [9.17, 15) is 4.79 Å². The number of hydrogen-bond donors (Lipinski definition) is 2. The summed E-state index contributed by atoms with van der Waals surface area (Å²) in [6, 6.07) is 2.09. The van der Waals surface area contributed by atoms with Crippen molar-refractivity contribution < 1.29 is 4.79 Å². The molecule has 3 atom stereocenters. The van der Waals surface area contributed by atoms with E-state index in [-0.39, 0.29) is 17.7 Å². The van der Waals surface area contributed by atoms with Crippen LogP contribution in [-0.4, -0.2) is 25.5 Å². The van der Waals surface area contributed by atoms with E-state index in [0.717, 1.165) is 13.1 Å². The fourth-order valence-corrected chi connectivity index (χ4v) is 1.59. The molecule has 1 aliphatic heterocycles. The van der Waals surface area contributed by atoms with E-state index in [2.05, 4.69) is 23.6 Å². The summed E-state index contributed by atoms with van der Waals surface area (Å²) < 4.78 is 0. The van der Waals surface area contributed by atoms with E-state index in [1.54, 1.807) is 6.92 Å². The summed E-state index contributed by atoms with van der Waals surface area (Å²) in [5.74, 6) is 0.432. The van der Waals surface area contributed by atoms with Gasteiger partial charge in [-0.25, -0.2) is 0 Å². The van der Waals surface area contributed by atoms with Gasteiger partial charge in [0.2, 0.25) is 5.91 Å². The zero-order valence-electron chi connectivity index (χ0n) is 8.71. The van der Waals surface area contributed by atoms with Crippen LogP contribution in [0.15, 0.2) is 0 Å². The molecule has 0 spiro atoms. The van der Waals surface area contributed by atoms with Crippen LogP contribution in [0.4, 0.5) is 0 Å². The van der Waals surface area contributed by atoms with E-state index in [1.165, 1.54) is 0 Å². The van der Waals surface area contributed by atoms with Crippen LogP contribution in [-0.2, 0) is 4.79 Å². The molecule has 1 fully saturated rings. The molecule has 3 unspecified atom stereocenters. The van der Waals surface area contributed by atoms with Crippen LogP contribution < -0.4 is 10.6 Å². The third-order valence-corrected chi connectivity index (χ3v) is 2.66. The van der Waals surface area contributed by atoms with Crippen molar-refractivity contribution >= 4 is 5.91 Å². The summed E-state index contributed by atoms with van der Waals surface area (Å²) in [6.07, 6.45) is 0. The van der Waals surface area contributed by atoms with Crippen LogP contribution in [0.5, 0.6) is 0 Å². The van der Waals surface area contributed by atoms with E-state index in [4.69, 9.17) is 5.26 Å². The molecular formula is C10H17N3O. The van der Waals surface area contributed by atoms with Gasteiger partial charge in [0.25, 0.3) is 0 Å². The van der Waals surface area contributed by atoms with Crippen LogP contribution in [0.1, 0.15) is 13.8 Å². The Hall–Kier alpha value is -1.08. The summed E-state index contributed by atoms with van der Waals surface area (Å²) in [5, 5.41) is 14.5. The number of carbonyl (C=O) groups excluding carboxylic acids is 1. The molecule has 0 aromatic heterocycles. The Labute approximate surface area is 84.7 Å². The van der Waals surface area contributed by atoms with Gasteiger partial charge >= 0.3 is 0 Å². The van der Waals surface area contributed by atoms with Gasteiger partial charge in [-0.2, -0.15) is 5.26 Å². The number of amides is 1. The molecule has 1 saturated heterocycles. The molecule has 1 amide bonds. The van der Waals surface area contributed by atoms with E-state index < -0.39 is 0 Å². The fraction of sp³-hybridized carbons (Fsp3) is 0.800. The first-order valence-corrected chi connectivity index (χ1v) is 5.03. The van der Waals surface area contributed by atoms with Gasteiger partial charge in [0, 0.05) is 13.1 Å². The Bertz CT molecular complexity index is 246. The molecule has 0 aromatic carbocycles. The number of nitrogens with one attached hydrogen (secondary N) is 2. The predicted molar refractivity (Wildman–Crippen MR) is 53.3 cm³/mol. The van der Waals surface area contributed by atoms with Gasteiger partial charge in [-0.15, -0.1) is 0 Å². The minimum Gasteiger partial charge on any atom is -0.355 e. The Morgan fingerprint density at radius 3 is 2.93 bits per heavy atom. The summed E-state index contributed by atoms with van der Waals surface area (Å²) in [4.78, 5) is 11.6. The summed E-state index contributed by atoms with van der Waals surface area (Å²) >= 11 is 0. The average molecular weight is 195 g/mol. The zero-order valence-corrected chi connectivity index (χ0v) is 8.71. The highest BCUT2D eigenvalue weighted by molar-refractivity contribution is 5.79. The molecule has 2 N–H and O–H groups in total. The van der Waals surface area contributed by atoms with Crippen LogP contribution in [0, 0.1) is 29.1 Å². The molecule has 1 aliphatic rings. The van der Waals surface area contributed by atoms with Crippen molar-refractivity contribution in [3.63, 3.8) is 0 Å². The molecule has 4 nitrogen and oxygen atoms in total.